The summed E-state index contributed by atoms with van der Waals surface area (Å²) in [5.74, 6) is 0.976. The van der Waals surface area contributed by atoms with E-state index >= 15 is 0 Å². The third-order valence-electron chi connectivity index (χ3n) is 3.74. The van der Waals surface area contributed by atoms with Crippen molar-refractivity contribution in [3.05, 3.63) is 35.4 Å². The van der Waals surface area contributed by atoms with Gasteiger partial charge in [-0.1, -0.05) is 19.1 Å². The molecule has 0 aromatic heterocycles. The van der Waals surface area contributed by atoms with Crippen molar-refractivity contribution in [1.82, 2.24) is 4.90 Å². The lowest BCUT2D eigenvalue weighted by Crippen LogP contribution is -2.39. The van der Waals surface area contributed by atoms with Gasteiger partial charge in [0.05, 0.1) is 5.56 Å². The quantitative estimate of drug-likeness (QED) is 0.829. The minimum Gasteiger partial charge on any atom is -0.329 e. The van der Waals surface area contributed by atoms with Crippen LogP contribution in [0.4, 0.5) is 13.2 Å². The zero-order chi connectivity index (χ0) is 16.0. The van der Waals surface area contributed by atoms with Gasteiger partial charge in [-0.05, 0) is 37.4 Å². The molecule has 1 aromatic carbocycles. The highest BCUT2D eigenvalue weighted by Crippen LogP contribution is 2.31. The summed E-state index contributed by atoms with van der Waals surface area (Å²) in [5, 5.41) is 0. The predicted octanol–water partition coefficient (Wildman–Crippen LogP) is 3.78. The third kappa shape index (κ3) is 4.90. The molecule has 2 atom stereocenters. The van der Waals surface area contributed by atoms with Crippen molar-refractivity contribution in [3.8, 4) is 0 Å². The Morgan fingerprint density at radius 2 is 1.81 bits per heavy atom. The van der Waals surface area contributed by atoms with E-state index in [1.807, 2.05) is 13.3 Å². The van der Waals surface area contributed by atoms with E-state index < -0.39 is 11.7 Å². The van der Waals surface area contributed by atoms with E-state index in [1.165, 1.54) is 12.1 Å². The number of hydrogen-bond donors (Lipinski definition) is 1. The number of nitrogens with two attached hydrogens (primary N) is 1. The smallest absolute Gasteiger partial charge is 0.329 e. The molecule has 1 aromatic rings. The first-order chi connectivity index (χ1) is 9.85. The van der Waals surface area contributed by atoms with Gasteiger partial charge in [0.1, 0.15) is 0 Å². The molecular formula is C15H23F3N2S. The minimum atomic E-state index is -4.30. The first-order valence-electron chi connectivity index (χ1n) is 6.93. The van der Waals surface area contributed by atoms with E-state index in [0.29, 0.717) is 12.6 Å². The molecule has 0 saturated heterocycles. The fourth-order valence-electron chi connectivity index (χ4n) is 2.40. The van der Waals surface area contributed by atoms with Crippen molar-refractivity contribution in [2.24, 2.45) is 5.73 Å². The lowest BCUT2D eigenvalue weighted by atomic mass is 10.0. The SMILES string of the molecule is CCC(CSC)N(C)C(CN)c1ccc(C(F)(F)F)cc1. The molecule has 21 heavy (non-hydrogen) atoms. The van der Waals surface area contributed by atoms with Crippen LogP contribution in [0.25, 0.3) is 0 Å². The topological polar surface area (TPSA) is 29.3 Å². The van der Waals surface area contributed by atoms with Crippen LogP contribution in [0.2, 0.25) is 0 Å². The van der Waals surface area contributed by atoms with E-state index in [-0.39, 0.29) is 6.04 Å². The van der Waals surface area contributed by atoms with Crippen molar-refractivity contribution in [3.63, 3.8) is 0 Å². The van der Waals surface area contributed by atoms with Crippen LogP contribution in [-0.2, 0) is 6.18 Å². The molecule has 120 valence electrons. The van der Waals surface area contributed by atoms with Gasteiger partial charge >= 0.3 is 6.18 Å². The summed E-state index contributed by atoms with van der Waals surface area (Å²) in [6.07, 6.45) is -1.27. The summed E-state index contributed by atoms with van der Waals surface area (Å²) in [7, 11) is 1.99. The van der Waals surface area contributed by atoms with Crippen molar-refractivity contribution in [2.75, 3.05) is 25.6 Å². The molecule has 2 unspecified atom stereocenters. The van der Waals surface area contributed by atoms with Crippen molar-refractivity contribution >= 4 is 11.8 Å². The highest BCUT2D eigenvalue weighted by atomic mass is 32.2. The van der Waals surface area contributed by atoms with Crippen LogP contribution in [0.15, 0.2) is 24.3 Å². The Morgan fingerprint density at radius 1 is 1.24 bits per heavy atom. The highest BCUT2D eigenvalue weighted by Gasteiger charge is 2.30. The highest BCUT2D eigenvalue weighted by molar-refractivity contribution is 7.98. The van der Waals surface area contributed by atoms with Gasteiger partial charge in [-0.25, -0.2) is 0 Å². The van der Waals surface area contributed by atoms with Crippen LogP contribution in [0.1, 0.15) is 30.5 Å². The average Bonchev–Trinajstić information content (AvgIpc) is 2.45. The molecule has 0 spiro atoms. The van der Waals surface area contributed by atoms with Gasteiger partial charge in [0.25, 0.3) is 0 Å². The number of thioether (sulfide) groups is 1. The van der Waals surface area contributed by atoms with Gasteiger partial charge in [0, 0.05) is 24.4 Å². The molecule has 2 nitrogen and oxygen atoms in total. The van der Waals surface area contributed by atoms with Gasteiger partial charge in [0.2, 0.25) is 0 Å². The monoisotopic (exact) mass is 320 g/mol. The number of rotatable bonds is 7. The lowest BCUT2D eigenvalue weighted by Gasteiger charge is -2.34. The first kappa shape index (κ1) is 18.3. The van der Waals surface area contributed by atoms with E-state index in [2.05, 4.69) is 11.8 Å². The normalized spacial score (nSPS) is 15.2. The van der Waals surface area contributed by atoms with E-state index in [9.17, 15) is 13.2 Å². The fourth-order valence-corrected chi connectivity index (χ4v) is 3.26. The zero-order valence-corrected chi connectivity index (χ0v) is 13.5. The summed E-state index contributed by atoms with van der Waals surface area (Å²) in [4.78, 5) is 2.17. The van der Waals surface area contributed by atoms with E-state index in [0.717, 1.165) is 29.9 Å². The molecular weight excluding hydrogens is 297 g/mol. The molecule has 0 aliphatic carbocycles. The maximum atomic E-state index is 12.6. The Labute approximate surface area is 128 Å². The molecule has 1 rings (SSSR count). The lowest BCUT2D eigenvalue weighted by molar-refractivity contribution is -0.137. The summed E-state index contributed by atoms with van der Waals surface area (Å²) in [6, 6.07) is 5.61. The van der Waals surface area contributed by atoms with Gasteiger partial charge in [-0.15, -0.1) is 0 Å². The van der Waals surface area contributed by atoms with Crippen LogP contribution >= 0.6 is 11.8 Å². The number of alkyl halides is 3. The van der Waals surface area contributed by atoms with Gasteiger partial charge in [-0.2, -0.15) is 24.9 Å². The van der Waals surface area contributed by atoms with Crippen LogP contribution in [0.5, 0.6) is 0 Å². The van der Waals surface area contributed by atoms with Crippen molar-refractivity contribution in [1.29, 1.82) is 0 Å². The van der Waals surface area contributed by atoms with Crippen LogP contribution < -0.4 is 5.73 Å². The Kier molecular flexibility index (Phi) is 7.03. The number of hydrogen-bond acceptors (Lipinski definition) is 3. The summed E-state index contributed by atoms with van der Waals surface area (Å²) in [5.41, 5.74) is 6.05. The van der Waals surface area contributed by atoms with Crippen LogP contribution in [0, 0.1) is 0 Å². The molecule has 0 aliphatic heterocycles. The molecule has 0 bridgehead atoms. The molecule has 0 fully saturated rings. The molecule has 0 aliphatic rings. The predicted molar refractivity (Wildman–Crippen MR) is 83.5 cm³/mol. The summed E-state index contributed by atoms with van der Waals surface area (Å²) in [6.45, 7) is 2.49. The molecule has 0 heterocycles. The Bertz CT molecular complexity index is 420. The Balaban J connectivity index is 2.94. The maximum absolute atomic E-state index is 12.6. The average molecular weight is 320 g/mol. The van der Waals surface area contributed by atoms with Crippen molar-refractivity contribution in [2.45, 2.75) is 31.6 Å². The molecule has 6 heteroatoms. The number of likely N-dealkylation sites (N-methyl/N-ethyl adjacent to an activating group) is 1. The largest absolute Gasteiger partial charge is 0.416 e. The second-order valence-electron chi connectivity index (χ2n) is 5.05. The summed E-state index contributed by atoms with van der Waals surface area (Å²) < 4.78 is 37.8. The Morgan fingerprint density at radius 3 is 2.19 bits per heavy atom. The second kappa shape index (κ2) is 8.06. The Hall–Kier alpha value is -0.720. The summed E-state index contributed by atoms with van der Waals surface area (Å²) >= 11 is 1.76. The molecule has 0 amide bonds. The number of benzene rings is 1. The van der Waals surface area contributed by atoms with Crippen molar-refractivity contribution < 1.29 is 13.2 Å². The van der Waals surface area contributed by atoms with E-state index in [1.54, 1.807) is 11.8 Å². The zero-order valence-electron chi connectivity index (χ0n) is 12.7. The van der Waals surface area contributed by atoms with Crippen LogP contribution in [0.3, 0.4) is 0 Å². The molecule has 0 saturated carbocycles. The second-order valence-corrected chi connectivity index (χ2v) is 5.96. The first-order valence-corrected chi connectivity index (χ1v) is 8.32. The standard InChI is InChI=1S/C15H23F3N2S/c1-4-13(10-21-3)20(2)14(9-19)11-5-7-12(8-6-11)15(16,17)18/h5-8,13-14H,4,9-10,19H2,1-3H3. The van der Waals surface area contributed by atoms with Gasteiger partial charge in [-0.3, -0.25) is 4.90 Å². The minimum absolute atomic E-state index is 0.0654. The molecule has 0 radical (unpaired) electrons. The number of nitrogens with zero attached hydrogens (tertiary/aromatic N) is 1. The third-order valence-corrected chi connectivity index (χ3v) is 4.46. The van der Waals surface area contributed by atoms with E-state index in [4.69, 9.17) is 5.73 Å². The van der Waals surface area contributed by atoms with Crippen LogP contribution in [-0.4, -0.2) is 36.5 Å². The molecule has 2 N–H and O–H groups in total. The fraction of sp³-hybridized carbons (Fsp3) is 0.600. The van der Waals surface area contributed by atoms with Gasteiger partial charge in [0.15, 0.2) is 0 Å². The number of halogens is 3. The van der Waals surface area contributed by atoms with Gasteiger partial charge < -0.3 is 5.73 Å². The maximum Gasteiger partial charge on any atom is 0.416 e.